The number of hydrogen-bond donors (Lipinski definition) is 1. The summed E-state index contributed by atoms with van der Waals surface area (Å²) in [4.78, 5) is 0. The van der Waals surface area contributed by atoms with E-state index in [9.17, 15) is 0 Å². The van der Waals surface area contributed by atoms with Gasteiger partial charge in [-0.3, -0.25) is 0 Å². The average molecular weight is 137 g/mol. The third-order valence-electron chi connectivity index (χ3n) is 1.63. The van der Waals surface area contributed by atoms with E-state index in [0.717, 1.165) is 6.42 Å². The molecule has 0 radical (unpaired) electrons. The summed E-state index contributed by atoms with van der Waals surface area (Å²) in [7, 11) is 0. The van der Waals surface area contributed by atoms with Crippen molar-refractivity contribution in [1.82, 2.24) is 5.32 Å². The lowest BCUT2D eigenvalue weighted by Gasteiger charge is -2.32. The van der Waals surface area contributed by atoms with Crippen LogP contribution in [-0.2, 0) is 0 Å². The number of allylic oxidation sites excluding steroid dienone is 2. The summed E-state index contributed by atoms with van der Waals surface area (Å²) in [6.07, 6.45) is 3.15. The highest BCUT2D eigenvalue weighted by atomic mass is 15.0. The minimum atomic E-state index is 0.204. The van der Waals surface area contributed by atoms with Crippen LogP contribution in [0.5, 0.6) is 0 Å². The molecule has 0 aromatic rings. The SMILES string of the molecule is C=C1C=C(C)NC(C)(C)C1. The smallest absolute Gasteiger partial charge is 0.0354 e. The molecule has 0 spiro atoms. The van der Waals surface area contributed by atoms with Crippen LogP contribution in [0.1, 0.15) is 27.2 Å². The van der Waals surface area contributed by atoms with Crippen LogP contribution in [0.25, 0.3) is 0 Å². The average Bonchev–Trinajstić information content (AvgIpc) is 1.54. The van der Waals surface area contributed by atoms with Crippen LogP contribution >= 0.6 is 0 Å². The van der Waals surface area contributed by atoms with Gasteiger partial charge in [-0.05, 0) is 33.3 Å². The molecule has 10 heavy (non-hydrogen) atoms. The van der Waals surface area contributed by atoms with E-state index in [1.807, 2.05) is 0 Å². The van der Waals surface area contributed by atoms with Gasteiger partial charge in [0.05, 0.1) is 0 Å². The van der Waals surface area contributed by atoms with Crippen molar-refractivity contribution in [1.29, 1.82) is 0 Å². The molecule has 0 aromatic heterocycles. The summed E-state index contributed by atoms with van der Waals surface area (Å²) in [6.45, 7) is 10.4. The fraction of sp³-hybridized carbons (Fsp3) is 0.556. The summed E-state index contributed by atoms with van der Waals surface area (Å²) in [5, 5.41) is 3.39. The monoisotopic (exact) mass is 137 g/mol. The van der Waals surface area contributed by atoms with Gasteiger partial charge in [-0.25, -0.2) is 0 Å². The predicted octanol–water partition coefficient (Wildman–Crippen LogP) is 2.22. The largest absolute Gasteiger partial charge is 0.383 e. The molecular formula is C9H15N. The Labute approximate surface area is 62.8 Å². The standard InChI is InChI=1S/C9H15N/c1-7-5-8(2)10-9(3,4)6-7/h5,10H,1,6H2,2-4H3. The minimum absolute atomic E-state index is 0.204. The van der Waals surface area contributed by atoms with Crippen molar-refractivity contribution < 1.29 is 0 Å². The van der Waals surface area contributed by atoms with E-state index in [-0.39, 0.29) is 5.54 Å². The highest BCUT2D eigenvalue weighted by molar-refractivity contribution is 5.26. The summed E-state index contributed by atoms with van der Waals surface area (Å²) < 4.78 is 0. The first kappa shape index (κ1) is 7.39. The number of hydrogen-bond acceptors (Lipinski definition) is 1. The van der Waals surface area contributed by atoms with Gasteiger partial charge >= 0.3 is 0 Å². The quantitative estimate of drug-likeness (QED) is 0.540. The van der Waals surface area contributed by atoms with E-state index in [2.05, 4.69) is 38.7 Å². The van der Waals surface area contributed by atoms with Gasteiger partial charge in [0.15, 0.2) is 0 Å². The summed E-state index contributed by atoms with van der Waals surface area (Å²) in [5.41, 5.74) is 2.65. The maximum Gasteiger partial charge on any atom is 0.0354 e. The first-order chi connectivity index (χ1) is 4.49. The molecule has 0 fully saturated rings. The molecule has 0 saturated carbocycles. The maximum absolute atomic E-state index is 3.94. The zero-order valence-electron chi connectivity index (χ0n) is 6.99. The Morgan fingerprint density at radius 2 is 2.20 bits per heavy atom. The van der Waals surface area contributed by atoms with Crippen LogP contribution in [-0.4, -0.2) is 5.54 Å². The van der Waals surface area contributed by atoms with Gasteiger partial charge < -0.3 is 5.32 Å². The molecule has 1 N–H and O–H groups in total. The van der Waals surface area contributed by atoms with E-state index in [4.69, 9.17) is 0 Å². The van der Waals surface area contributed by atoms with Gasteiger partial charge in [0.25, 0.3) is 0 Å². The van der Waals surface area contributed by atoms with Crippen LogP contribution in [0, 0.1) is 0 Å². The zero-order valence-corrected chi connectivity index (χ0v) is 6.99. The van der Waals surface area contributed by atoms with Crippen LogP contribution in [0.3, 0.4) is 0 Å². The topological polar surface area (TPSA) is 12.0 Å². The van der Waals surface area contributed by atoms with Crippen molar-refractivity contribution in [3.05, 3.63) is 23.9 Å². The van der Waals surface area contributed by atoms with Crippen molar-refractivity contribution in [3.8, 4) is 0 Å². The third kappa shape index (κ3) is 1.63. The summed E-state index contributed by atoms with van der Waals surface area (Å²) in [5.74, 6) is 0. The first-order valence-corrected chi connectivity index (χ1v) is 3.64. The molecule has 0 aliphatic carbocycles. The van der Waals surface area contributed by atoms with E-state index in [1.54, 1.807) is 0 Å². The van der Waals surface area contributed by atoms with Crippen molar-refractivity contribution >= 4 is 0 Å². The fourth-order valence-corrected chi connectivity index (χ4v) is 1.54. The van der Waals surface area contributed by atoms with Gasteiger partial charge in [-0.1, -0.05) is 12.2 Å². The molecule has 1 heteroatoms. The van der Waals surface area contributed by atoms with Gasteiger partial charge in [0, 0.05) is 11.2 Å². The van der Waals surface area contributed by atoms with Gasteiger partial charge in [-0.2, -0.15) is 0 Å². The van der Waals surface area contributed by atoms with Crippen LogP contribution in [0.4, 0.5) is 0 Å². The van der Waals surface area contributed by atoms with E-state index >= 15 is 0 Å². The van der Waals surface area contributed by atoms with Crippen LogP contribution in [0.15, 0.2) is 23.9 Å². The molecule has 0 saturated heterocycles. The van der Waals surface area contributed by atoms with Crippen LogP contribution < -0.4 is 5.32 Å². The first-order valence-electron chi connectivity index (χ1n) is 3.64. The molecule has 0 unspecified atom stereocenters. The second kappa shape index (κ2) is 2.15. The number of rotatable bonds is 0. The Hall–Kier alpha value is -0.720. The Bertz CT molecular complexity index is 187. The Balaban J connectivity index is 2.80. The van der Waals surface area contributed by atoms with Crippen LogP contribution in [0.2, 0.25) is 0 Å². The summed E-state index contributed by atoms with van der Waals surface area (Å²) in [6, 6.07) is 0. The lowest BCUT2D eigenvalue weighted by molar-refractivity contribution is 0.415. The van der Waals surface area contributed by atoms with Gasteiger partial charge in [0.2, 0.25) is 0 Å². The highest BCUT2D eigenvalue weighted by Crippen LogP contribution is 2.22. The minimum Gasteiger partial charge on any atom is -0.383 e. The highest BCUT2D eigenvalue weighted by Gasteiger charge is 2.21. The molecule has 0 bridgehead atoms. The molecule has 1 heterocycles. The third-order valence-corrected chi connectivity index (χ3v) is 1.63. The predicted molar refractivity (Wildman–Crippen MR) is 44.7 cm³/mol. The van der Waals surface area contributed by atoms with Crippen molar-refractivity contribution in [2.75, 3.05) is 0 Å². The lowest BCUT2D eigenvalue weighted by Crippen LogP contribution is -2.40. The van der Waals surface area contributed by atoms with E-state index < -0.39 is 0 Å². The van der Waals surface area contributed by atoms with Crippen molar-refractivity contribution in [2.45, 2.75) is 32.7 Å². The molecular weight excluding hydrogens is 122 g/mol. The Morgan fingerprint density at radius 1 is 1.60 bits per heavy atom. The molecule has 1 nitrogen and oxygen atoms in total. The maximum atomic E-state index is 3.94. The Kier molecular flexibility index (Phi) is 1.59. The lowest BCUT2D eigenvalue weighted by atomic mass is 9.91. The number of nitrogens with one attached hydrogen (secondary N) is 1. The van der Waals surface area contributed by atoms with E-state index in [1.165, 1.54) is 11.3 Å². The van der Waals surface area contributed by atoms with E-state index in [0.29, 0.717) is 0 Å². The van der Waals surface area contributed by atoms with Gasteiger partial charge in [0.1, 0.15) is 0 Å². The fourth-order valence-electron chi connectivity index (χ4n) is 1.54. The second-order valence-corrected chi connectivity index (χ2v) is 3.67. The normalized spacial score (nSPS) is 23.5. The molecule has 0 atom stereocenters. The molecule has 0 aromatic carbocycles. The second-order valence-electron chi connectivity index (χ2n) is 3.67. The molecule has 1 aliphatic rings. The van der Waals surface area contributed by atoms with Gasteiger partial charge in [-0.15, -0.1) is 0 Å². The van der Waals surface area contributed by atoms with Crippen molar-refractivity contribution in [3.63, 3.8) is 0 Å². The molecule has 1 rings (SSSR count). The zero-order chi connectivity index (χ0) is 7.78. The molecule has 56 valence electrons. The Morgan fingerprint density at radius 3 is 2.60 bits per heavy atom. The molecule has 1 aliphatic heterocycles. The summed E-state index contributed by atoms with van der Waals surface area (Å²) >= 11 is 0. The van der Waals surface area contributed by atoms with Crippen molar-refractivity contribution in [2.24, 2.45) is 0 Å². The molecule has 0 amide bonds.